The lowest BCUT2D eigenvalue weighted by molar-refractivity contribution is -0.141. The van der Waals surface area contributed by atoms with Crippen LogP contribution in [-0.4, -0.2) is 55.0 Å². The van der Waals surface area contributed by atoms with Crippen LogP contribution >= 0.6 is 0 Å². The molecule has 0 spiro atoms. The molecule has 0 saturated carbocycles. The van der Waals surface area contributed by atoms with Gasteiger partial charge in [-0.2, -0.15) is 5.26 Å². The number of hydrogen-bond acceptors (Lipinski definition) is 6. The van der Waals surface area contributed by atoms with Gasteiger partial charge in [-0.1, -0.05) is 18.2 Å². The van der Waals surface area contributed by atoms with Gasteiger partial charge in [0.1, 0.15) is 6.04 Å². The maximum Gasteiger partial charge on any atom is 0.340 e. The van der Waals surface area contributed by atoms with E-state index in [0.717, 1.165) is 0 Å². The Kier molecular flexibility index (Phi) is 10.6. The van der Waals surface area contributed by atoms with Crippen molar-refractivity contribution >= 4 is 29.4 Å². The molecular formula is C21H31N7O4. The molecule has 174 valence electrons. The largest absolute Gasteiger partial charge is 0.343 e. The van der Waals surface area contributed by atoms with Crippen molar-refractivity contribution in [1.29, 1.82) is 5.26 Å². The molecule has 0 unspecified atom stereocenters. The fourth-order valence-corrected chi connectivity index (χ4v) is 2.43. The number of hydrogen-bond donors (Lipinski definition) is 5. The highest BCUT2D eigenvalue weighted by molar-refractivity contribution is 6.35. The summed E-state index contributed by atoms with van der Waals surface area (Å²) in [7, 11) is 0. The third-order valence-electron chi connectivity index (χ3n) is 3.97. The van der Waals surface area contributed by atoms with Crippen molar-refractivity contribution in [2.75, 3.05) is 24.5 Å². The van der Waals surface area contributed by atoms with Crippen molar-refractivity contribution < 1.29 is 19.2 Å². The van der Waals surface area contributed by atoms with Gasteiger partial charge in [0.15, 0.2) is 0 Å². The molecule has 0 aliphatic rings. The average molecular weight is 446 g/mol. The van der Waals surface area contributed by atoms with Crippen LogP contribution in [0, 0.1) is 11.3 Å². The van der Waals surface area contributed by atoms with Crippen LogP contribution in [0.3, 0.4) is 0 Å². The lowest BCUT2D eigenvalue weighted by Crippen LogP contribution is -2.57. The first kappa shape index (κ1) is 26.4. The number of rotatable bonds is 8. The molecule has 0 aromatic heterocycles. The first-order chi connectivity index (χ1) is 15.0. The molecule has 0 heterocycles. The van der Waals surface area contributed by atoms with Crippen LogP contribution in [0.25, 0.3) is 0 Å². The summed E-state index contributed by atoms with van der Waals surface area (Å²) in [4.78, 5) is 50.1. The lowest BCUT2D eigenvalue weighted by Gasteiger charge is -2.24. The van der Waals surface area contributed by atoms with Crippen LogP contribution in [0.4, 0.5) is 10.5 Å². The summed E-state index contributed by atoms with van der Waals surface area (Å²) < 4.78 is 0. The smallest absolute Gasteiger partial charge is 0.340 e. The minimum atomic E-state index is -1.06. The molecule has 0 bridgehead atoms. The maximum absolute atomic E-state index is 12.6. The van der Waals surface area contributed by atoms with Gasteiger partial charge >= 0.3 is 17.8 Å². The highest BCUT2D eigenvalue weighted by Crippen LogP contribution is 2.12. The summed E-state index contributed by atoms with van der Waals surface area (Å²) in [6.45, 7) is 7.78. The predicted octanol–water partition coefficient (Wildman–Crippen LogP) is 0.156. The fourth-order valence-electron chi connectivity index (χ4n) is 2.43. The van der Waals surface area contributed by atoms with Crippen LogP contribution in [0.2, 0.25) is 0 Å². The van der Waals surface area contributed by atoms with Crippen molar-refractivity contribution in [3.63, 3.8) is 0 Å². The molecule has 0 fully saturated rings. The Morgan fingerprint density at radius 1 is 1.03 bits per heavy atom. The van der Waals surface area contributed by atoms with E-state index in [2.05, 4.69) is 26.8 Å². The van der Waals surface area contributed by atoms with E-state index in [0.29, 0.717) is 25.2 Å². The zero-order valence-corrected chi connectivity index (χ0v) is 18.8. The van der Waals surface area contributed by atoms with Gasteiger partial charge in [0.05, 0.1) is 6.07 Å². The van der Waals surface area contributed by atoms with Gasteiger partial charge in [-0.3, -0.25) is 24.7 Å². The van der Waals surface area contributed by atoms with Crippen molar-refractivity contribution in [3.8, 4) is 6.07 Å². The van der Waals surface area contributed by atoms with Crippen molar-refractivity contribution in [2.24, 2.45) is 0 Å². The second-order valence-corrected chi connectivity index (χ2v) is 7.96. The maximum atomic E-state index is 12.6. The van der Waals surface area contributed by atoms with Gasteiger partial charge in [-0.05, 0) is 39.8 Å². The minimum Gasteiger partial charge on any atom is -0.343 e. The van der Waals surface area contributed by atoms with E-state index in [4.69, 9.17) is 5.26 Å². The minimum absolute atomic E-state index is 0.288. The summed E-state index contributed by atoms with van der Waals surface area (Å²) in [5, 5.41) is 16.4. The second-order valence-electron chi connectivity index (χ2n) is 7.96. The number of carbonyl (C=O) groups excluding carboxylic acids is 4. The first-order valence-corrected chi connectivity index (χ1v) is 10.2. The van der Waals surface area contributed by atoms with Gasteiger partial charge in [-0.25, -0.2) is 10.2 Å². The number of nitrogens with one attached hydrogen (secondary N) is 5. The number of carbonyl (C=O) groups is 4. The standard InChI is InChI=1S/C21H31N7O4/c1-15(24-18(30)19(31)25-21(2,3)4)17(29)26-27-20(32)28(14-13-23-12-8-11-22)16-9-6-5-7-10-16/h5-7,9-10,15,23H,8,12-14H2,1-4H3,(H,24,30)(H,25,31)(H,26,29)(H,27,32)/t15-/m0/s1. The number of anilines is 1. The van der Waals surface area contributed by atoms with Gasteiger partial charge in [-0.15, -0.1) is 0 Å². The molecular weight excluding hydrogens is 414 g/mol. The molecule has 11 heteroatoms. The molecule has 1 atom stereocenters. The van der Waals surface area contributed by atoms with Gasteiger partial charge in [0.2, 0.25) is 0 Å². The Bertz CT molecular complexity index is 831. The summed E-state index contributed by atoms with van der Waals surface area (Å²) >= 11 is 0. The number of amides is 5. The number of hydrazine groups is 1. The Labute approximate surface area is 187 Å². The van der Waals surface area contributed by atoms with E-state index in [1.165, 1.54) is 11.8 Å². The number of nitrogens with zero attached hydrogens (tertiary/aromatic N) is 2. The molecule has 1 aromatic rings. The van der Waals surface area contributed by atoms with E-state index in [1.54, 1.807) is 45.0 Å². The van der Waals surface area contributed by atoms with Gasteiger partial charge < -0.3 is 16.0 Å². The summed E-state index contributed by atoms with van der Waals surface area (Å²) in [6.07, 6.45) is 0.352. The zero-order valence-electron chi connectivity index (χ0n) is 18.8. The summed E-state index contributed by atoms with van der Waals surface area (Å²) in [5.41, 5.74) is 4.57. The van der Waals surface area contributed by atoms with E-state index in [-0.39, 0.29) is 6.54 Å². The third kappa shape index (κ3) is 9.90. The second kappa shape index (κ2) is 12.9. The number of nitriles is 1. The van der Waals surface area contributed by atoms with E-state index >= 15 is 0 Å². The van der Waals surface area contributed by atoms with E-state index in [1.807, 2.05) is 12.1 Å². The van der Waals surface area contributed by atoms with Crippen LogP contribution < -0.4 is 31.7 Å². The fraction of sp³-hybridized carbons (Fsp3) is 0.476. The van der Waals surface area contributed by atoms with Crippen LogP contribution in [0.15, 0.2) is 30.3 Å². The number of benzene rings is 1. The third-order valence-corrected chi connectivity index (χ3v) is 3.97. The van der Waals surface area contributed by atoms with E-state index in [9.17, 15) is 19.2 Å². The molecule has 5 N–H and O–H groups in total. The summed E-state index contributed by atoms with van der Waals surface area (Å²) in [6, 6.07) is 9.23. The molecule has 0 saturated heterocycles. The number of urea groups is 1. The lowest BCUT2D eigenvalue weighted by atomic mass is 10.1. The molecule has 11 nitrogen and oxygen atoms in total. The summed E-state index contributed by atoms with van der Waals surface area (Å²) in [5.74, 6) is -2.51. The number of para-hydroxylation sites is 1. The molecule has 1 rings (SSSR count). The first-order valence-electron chi connectivity index (χ1n) is 10.2. The quantitative estimate of drug-likeness (QED) is 0.218. The normalized spacial score (nSPS) is 11.5. The molecule has 32 heavy (non-hydrogen) atoms. The van der Waals surface area contributed by atoms with Crippen molar-refractivity contribution in [3.05, 3.63) is 30.3 Å². The van der Waals surface area contributed by atoms with Gasteiger partial charge in [0.25, 0.3) is 5.91 Å². The Hall–Kier alpha value is -3.65. The Morgan fingerprint density at radius 2 is 1.69 bits per heavy atom. The highest BCUT2D eigenvalue weighted by Gasteiger charge is 2.24. The zero-order chi connectivity index (χ0) is 24.1. The van der Waals surface area contributed by atoms with Crippen molar-refractivity contribution in [1.82, 2.24) is 26.8 Å². The SMILES string of the molecule is C[C@H](NC(=O)C(=O)NC(C)(C)C)C(=O)NNC(=O)N(CCNCCC#N)c1ccccc1. The van der Waals surface area contributed by atoms with Crippen LogP contribution in [0.5, 0.6) is 0 Å². The monoisotopic (exact) mass is 445 g/mol. The molecule has 0 radical (unpaired) electrons. The van der Waals surface area contributed by atoms with Crippen molar-refractivity contribution in [2.45, 2.75) is 45.7 Å². The Balaban J connectivity index is 2.62. The molecule has 0 aliphatic carbocycles. The molecule has 0 aliphatic heterocycles. The molecule has 5 amide bonds. The molecule has 1 aromatic carbocycles. The van der Waals surface area contributed by atoms with Gasteiger partial charge in [0, 0.05) is 37.3 Å². The Morgan fingerprint density at radius 3 is 2.28 bits per heavy atom. The van der Waals surface area contributed by atoms with Crippen LogP contribution in [-0.2, 0) is 14.4 Å². The highest BCUT2D eigenvalue weighted by atomic mass is 16.2. The average Bonchev–Trinajstić information content (AvgIpc) is 2.73. The predicted molar refractivity (Wildman–Crippen MR) is 119 cm³/mol. The topological polar surface area (TPSA) is 155 Å². The van der Waals surface area contributed by atoms with E-state index < -0.39 is 35.3 Å². The van der Waals surface area contributed by atoms with Crippen LogP contribution in [0.1, 0.15) is 34.1 Å².